The third kappa shape index (κ3) is 12.1. The molecule has 2 aliphatic carbocycles. The van der Waals surface area contributed by atoms with E-state index in [9.17, 15) is 0 Å². The molecule has 36 heavy (non-hydrogen) atoms. The van der Waals surface area contributed by atoms with Gasteiger partial charge in [0.25, 0.3) is 0 Å². The normalized spacial score (nSPS) is 13.6. The fourth-order valence-electron chi connectivity index (χ4n) is 3.57. The molecule has 0 atom stereocenters. The van der Waals surface area contributed by atoms with Gasteiger partial charge < -0.3 is 14.9 Å². The second-order valence-electron chi connectivity index (χ2n) is 10.1. The zero-order valence-corrected chi connectivity index (χ0v) is 28.9. The predicted molar refractivity (Wildman–Crippen MR) is 166 cm³/mol. The number of hydrogen-bond donors (Lipinski definition) is 0. The van der Waals surface area contributed by atoms with Crippen molar-refractivity contribution in [1.29, 1.82) is 0 Å². The minimum absolute atomic E-state index is 0. The Morgan fingerprint density at radius 1 is 0.583 bits per heavy atom. The third-order valence-corrected chi connectivity index (χ3v) is 5.48. The van der Waals surface area contributed by atoms with Crippen LogP contribution in [0.25, 0.3) is 11.1 Å². The summed E-state index contributed by atoms with van der Waals surface area (Å²) in [4.78, 5) is 0. The molecule has 198 valence electrons. The van der Waals surface area contributed by atoms with E-state index in [2.05, 4.69) is 127 Å². The van der Waals surface area contributed by atoms with Gasteiger partial charge in [0, 0.05) is 0 Å². The zero-order valence-electron chi connectivity index (χ0n) is 23.4. The van der Waals surface area contributed by atoms with Gasteiger partial charge >= 0.3 is 30.2 Å². The van der Waals surface area contributed by atoms with E-state index in [0.29, 0.717) is 0 Å². The Morgan fingerprint density at radius 3 is 1.08 bits per heavy atom. The first kappa shape index (κ1) is 39.6. The van der Waals surface area contributed by atoms with Crippen molar-refractivity contribution in [2.75, 3.05) is 0 Å². The molecule has 0 saturated carbocycles. The molecule has 0 aromatic heterocycles. The molecular formula is C32H44Cl2SiZr-4. The van der Waals surface area contributed by atoms with E-state index in [4.69, 9.17) is 0 Å². The Labute approximate surface area is 251 Å². The SMILES string of the molecule is CC(C)(C)C1=[C-]CC(c2ccccc2)=C1.CC(C)(C)C1=[C-]CC(c2ccccc2)=C1.Cl.Cl.[CH3-].[CH3-].[SiH2]=[Zr]. The van der Waals surface area contributed by atoms with Gasteiger partial charge in [-0.15, -0.1) is 48.8 Å². The van der Waals surface area contributed by atoms with Crippen molar-refractivity contribution in [2.24, 2.45) is 10.8 Å². The number of rotatable bonds is 2. The van der Waals surface area contributed by atoms with Crippen LogP contribution in [-0.2, 0) is 23.3 Å². The maximum absolute atomic E-state index is 3.47. The first-order valence-electron chi connectivity index (χ1n) is 11.2. The van der Waals surface area contributed by atoms with Gasteiger partial charge in [0.1, 0.15) is 0 Å². The van der Waals surface area contributed by atoms with Crippen LogP contribution in [0, 0.1) is 37.8 Å². The summed E-state index contributed by atoms with van der Waals surface area (Å²) in [6.07, 6.45) is 13.4. The molecule has 0 unspecified atom stereocenters. The van der Waals surface area contributed by atoms with Crippen molar-refractivity contribution in [2.45, 2.75) is 54.4 Å². The summed E-state index contributed by atoms with van der Waals surface area (Å²) in [5.41, 5.74) is 8.53. The Hall–Kier alpha value is -0.920. The van der Waals surface area contributed by atoms with Gasteiger partial charge in [-0.2, -0.15) is 0 Å². The number of hydrogen-bond acceptors (Lipinski definition) is 0. The molecule has 0 radical (unpaired) electrons. The minimum atomic E-state index is 0. The average molecular weight is 619 g/mol. The summed E-state index contributed by atoms with van der Waals surface area (Å²) in [5, 5.41) is 0. The Kier molecular flexibility index (Phi) is 20.2. The molecule has 0 N–H and O–H groups in total. The van der Waals surface area contributed by atoms with Crippen molar-refractivity contribution in [1.82, 2.24) is 0 Å². The first-order valence-corrected chi connectivity index (χ1v) is 17.2. The quantitative estimate of drug-likeness (QED) is 0.232. The molecule has 0 bridgehead atoms. The van der Waals surface area contributed by atoms with Gasteiger partial charge in [-0.3, -0.25) is 12.2 Å². The van der Waals surface area contributed by atoms with Gasteiger partial charge in [0.2, 0.25) is 0 Å². The molecule has 0 saturated heterocycles. The summed E-state index contributed by atoms with van der Waals surface area (Å²) < 4.78 is 0. The average Bonchev–Trinajstić information content (AvgIpc) is 3.47. The van der Waals surface area contributed by atoms with Crippen LogP contribution in [0.15, 0.2) is 84.0 Å². The third-order valence-electron chi connectivity index (χ3n) is 5.48. The predicted octanol–water partition coefficient (Wildman–Crippen LogP) is 9.32. The second kappa shape index (κ2) is 18.4. The van der Waals surface area contributed by atoms with Gasteiger partial charge in [0.05, 0.1) is 0 Å². The fourth-order valence-corrected chi connectivity index (χ4v) is 3.57. The molecule has 0 spiro atoms. The molecule has 0 heterocycles. The van der Waals surface area contributed by atoms with Crippen LogP contribution in [0.5, 0.6) is 0 Å². The summed E-state index contributed by atoms with van der Waals surface area (Å²) in [5.74, 6) is 0. The summed E-state index contributed by atoms with van der Waals surface area (Å²) in [6.45, 7) is 15.4. The summed E-state index contributed by atoms with van der Waals surface area (Å²) in [6, 6.07) is 21.1. The van der Waals surface area contributed by atoms with Crippen LogP contribution in [0.4, 0.5) is 0 Å². The van der Waals surface area contributed by atoms with Crippen LogP contribution in [0.1, 0.15) is 65.5 Å². The van der Waals surface area contributed by atoms with Crippen molar-refractivity contribution in [3.05, 3.63) is 122 Å². The first-order chi connectivity index (χ1) is 15.1. The second-order valence-corrected chi connectivity index (χ2v) is 10.1. The van der Waals surface area contributed by atoms with E-state index in [-0.39, 0.29) is 50.5 Å². The van der Waals surface area contributed by atoms with E-state index in [1.165, 1.54) is 33.4 Å². The van der Waals surface area contributed by atoms with Crippen LogP contribution in [-0.4, -0.2) is 6.88 Å². The molecule has 2 aromatic rings. The molecule has 0 fully saturated rings. The van der Waals surface area contributed by atoms with Crippen LogP contribution >= 0.6 is 24.8 Å². The molecule has 2 aromatic carbocycles. The fraction of sp³-hybridized carbons (Fsp3) is 0.312. The van der Waals surface area contributed by atoms with Gasteiger partial charge in [-0.1, -0.05) is 102 Å². The van der Waals surface area contributed by atoms with Crippen molar-refractivity contribution in [3.8, 4) is 0 Å². The van der Waals surface area contributed by atoms with E-state index < -0.39 is 0 Å². The summed E-state index contributed by atoms with van der Waals surface area (Å²) >= 11 is 1.58. The van der Waals surface area contributed by atoms with Crippen LogP contribution < -0.4 is 0 Å². The Morgan fingerprint density at radius 2 is 0.861 bits per heavy atom. The molecule has 2 aliphatic rings. The van der Waals surface area contributed by atoms with Crippen LogP contribution in [0.2, 0.25) is 0 Å². The molecule has 0 nitrogen and oxygen atoms in total. The van der Waals surface area contributed by atoms with Gasteiger partial charge in [-0.25, -0.2) is 23.3 Å². The van der Waals surface area contributed by atoms with Crippen molar-refractivity contribution in [3.63, 3.8) is 0 Å². The standard InChI is InChI=1S/2C15H17.2CH3.2ClH.H2Si.Zr/c2*1-15(2,3)14-10-9-13(11-14)12-7-5-4-6-8-12;;;;;;/h2*4-8,11H,9H2,1-3H3;2*1H3;2*1H;1H2;/q4*-1;;;;. The Bertz CT molecular complexity index is 922. The Balaban J connectivity index is -0.000000513. The molecule has 4 rings (SSSR count). The molecule has 4 heteroatoms. The van der Waals surface area contributed by atoms with Gasteiger partial charge in [0.15, 0.2) is 0 Å². The zero-order chi connectivity index (χ0) is 23.8. The number of benzene rings is 2. The molecule has 0 amide bonds. The van der Waals surface area contributed by atoms with E-state index in [1.807, 2.05) is 6.88 Å². The van der Waals surface area contributed by atoms with E-state index in [0.717, 1.165) is 12.8 Å². The molecule has 0 aliphatic heterocycles. The van der Waals surface area contributed by atoms with Crippen LogP contribution in [0.3, 0.4) is 0 Å². The van der Waals surface area contributed by atoms with E-state index in [1.54, 1.807) is 23.3 Å². The number of halogens is 2. The monoisotopic (exact) mass is 616 g/mol. The maximum atomic E-state index is 3.47. The molecular weight excluding hydrogens is 575 g/mol. The summed E-state index contributed by atoms with van der Waals surface area (Å²) in [7, 11) is 0. The van der Waals surface area contributed by atoms with Crippen molar-refractivity contribution >= 4 is 42.8 Å². The van der Waals surface area contributed by atoms with E-state index >= 15 is 0 Å². The van der Waals surface area contributed by atoms with Crippen molar-refractivity contribution < 1.29 is 23.3 Å². The van der Waals surface area contributed by atoms with Gasteiger partial charge in [-0.05, 0) is 22.0 Å². The topological polar surface area (TPSA) is 0 Å². The number of allylic oxidation sites excluding steroid dienone is 8.